The molecule has 1 aliphatic heterocycles. The molecule has 0 spiro atoms. The Hall–Kier alpha value is -2.31. The molecule has 0 radical (unpaired) electrons. The smallest absolute Gasteiger partial charge is 0.420 e. The number of aromatic nitrogens is 2. The van der Waals surface area contributed by atoms with Crippen molar-refractivity contribution < 1.29 is 19.1 Å². The van der Waals surface area contributed by atoms with Gasteiger partial charge >= 0.3 is 12.1 Å². The predicted molar refractivity (Wildman–Crippen MR) is 75.7 cm³/mol. The molecule has 0 bridgehead atoms. The van der Waals surface area contributed by atoms with Crippen LogP contribution in [0.1, 0.15) is 27.7 Å². The fourth-order valence-corrected chi connectivity index (χ4v) is 1.87. The van der Waals surface area contributed by atoms with E-state index in [9.17, 15) is 9.59 Å². The van der Waals surface area contributed by atoms with Crippen LogP contribution in [0.4, 0.5) is 10.6 Å². The number of hydrogen-bond donors (Lipinski definition) is 0. The number of ether oxygens (including phenoxy) is 2. The zero-order chi connectivity index (χ0) is 15.6. The molecule has 0 N–H and O–H groups in total. The van der Waals surface area contributed by atoms with Gasteiger partial charge in [-0.3, -0.25) is 0 Å². The molecule has 0 aliphatic carbocycles. The Morgan fingerprint density at radius 2 is 2.10 bits per heavy atom. The van der Waals surface area contributed by atoms with Crippen LogP contribution in [-0.4, -0.2) is 34.1 Å². The number of hydrogen-bond acceptors (Lipinski definition) is 5. The molecule has 1 aromatic heterocycles. The van der Waals surface area contributed by atoms with Gasteiger partial charge in [0.1, 0.15) is 11.4 Å². The lowest BCUT2D eigenvalue weighted by Crippen LogP contribution is -2.37. The van der Waals surface area contributed by atoms with E-state index < -0.39 is 17.7 Å². The third-order valence-corrected chi connectivity index (χ3v) is 2.67. The molecule has 0 atom stereocenters. The molecule has 0 unspecified atom stereocenters. The minimum absolute atomic E-state index is 0.264. The van der Waals surface area contributed by atoms with Crippen molar-refractivity contribution in [3.63, 3.8) is 0 Å². The quantitative estimate of drug-likeness (QED) is 0.781. The summed E-state index contributed by atoms with van der Waals surface area (Å²) < 4.78 is 11.9. The van der Waals surface area contributed by atoms with Gasteiger partial charge in [-0.05, 0) is 27.7 Å². The summed E-state index contributed by atoms with van der Waals surface area (Å²) in [6.45, 7) is 7.60. The zero-order valence-electron chi connectivity index (χ0n) is 12.6. The monoisotopic (exact) mass is 293 g/mol. The van der Waals surface area contributed by atoms with Gasteiger partial charge in [0, 0.05) is 12.3 Å². The highest BCUT2D eigenvalue weighted by Crippen LogP contribution is 2.24. The lowest BCUT2D eigenvalue weighted by Gasteiger charge is -2.28. The normalized spacial score (nSPS) is 14.3. The van der Waals surface area contributed by atoms with Gasteiger partial charge in [-0.2, -0.15) is 5.10 Å². The molecule has 1 amide bonds. The van der Waals surface area contributed by atoms with Crippen LogP contribution in [0, 0.1) is 0 Å². The molecule has 0 aromatic carbocycles. The number of fused-ring (bicyclic) bond motifs is 1. The van der Waals surface area contributed by atoms with Gasteiger partial charge in [0.15, 0.2) is 0 Å². The Labute approximate surface area is 123 Å². The molecule has 0 saturated carbocycles. The van der Waals surface area contributed by atoms with Gasteiger partial charge in [-0.1, -0.05) is 0 Å². The van der Waals surface area contributed by atoms with Crippen molar-refractivity contribution in [3.8, 4) is 0 Å². The summed E-state index contributed by atoms with van der Waals surface area (Å²) >= 11 is 0. The van der Waals surface area contributed by atoms with E-state index in [4.69, 9.17) is 9.47 Å². The average Bonchev–Trinajstić information content (AvgIpc) is 2.83. The van der Waals surface area contributed by atoms with Crippen molar-refractivity contribution in [1.82, 2.24) is 9.78 Å². The second kappa shape index (κ2) is 5.59. The van der Waals surface area contributed by atoms with Crippen LogP contribution < -0.4 is 4.90 Å². The van der Waals surface area contributed by atoms with Gasteiger partial charge < -0.3 is 9.47 Å². The summed E-state index contributed by atoms with van der Waals surface area (Å²) in [6, 6.07) is 1.68. The Kier molecular flexibility index (Phi) is 4.02. The first-order valence-corrected chi connectivity index (χ1v) is 6.73. The number of carbonyl (C=O) groups excluding carboxylic acids is 2. The maximum absolute atomic E-state index is 12.3. The zero-order valence-corrected chi connectivity index (χ0v) is 12.6. The van der Waals surface area contributed by atoms with Gasteiger partial charge in [0.25, 0.3) is 0 Å². The number of carbonyl (C=O) groups is 2. The van der Waals surface area contributed by atoms with E-state index in [1.54, 1.807) is 44.6 Å². The average molecular weight is 293 g/mol. The molecular formula is C14H19N3O4. The van der Waals surface area contributed by atoms with E-state index in [0.29, 0.717) is 11.4 Å². The second-order valence-electron chi connectivity index (χ2n) is 5.57. The van der Waals surface area contributed by atoms with Gasteiger partial charge in [0.05, 0.1) is 24.9 Å². The maximum Gasteiger partial charge on any atom is 0.420 e. The van der Waals surface area contributed by atoms with Crippen LogP contribution in [-0.2, 0) is 20.8 Å². The first-order valence-electron chi connectivity index (χ1n) is 6.73. The molecule has 1 aromatic rings. The SMILES string of the molecule is CCOC(=O)C1=CN(C(=O)OC(C)(C)C)c2ccnn2C1. The maximum atomic E-state index is 12.3. The van der Waals surface area contributed by atoms with Crippen molar-refractivity contribution in [2.75, 3.05) is 11.5 Å². The molecule has 2 heterocycles. The number of anilines is 1. The third kappa shape index (κ3) is 3.42. The van der Waals surface area contributed by atoms with E-state index in [2.05, 4.69) is 5.10 Å². The Morgan fingerprint density at radius 1 is 1.38 bits per heavy atom. The summed E-state index contributed by atoms with van der Waals surface area (Å²) in [7, 11) is 0. The fourth-order valence-electron chi connectivity index (χ4n) is 1.87. The standard InChI is InChI=1S/C14H19N3O4/c1-5-20-12(18)10-8-16(13(19)21-14(2,3)4)11-6-7-15-17(11)9-10/h6-8H,5,9H2,1-4H3. The van der Waals surface area contributed by atoms with Gasteiger partial charge in [-0.15, -0.1) is 0 Å². The minimum atomic E-state index is -0.628. The van der Waals surface area contributed by atoms with Crippen molar-refractivity contribution in [2.24, 2.45) is 0 Å². The van der Waals surface area contributed by atoms with Crippen LogP contribution in [0.2, 0.25) is 0 Å². The molecular weight excluding hydrogens is 274 g/mol. The summed E-state index contributed by atoms with van der Waals surface area (Å²) in [5.41, 5.74) is -0.281. The topological polar surface area (TPSA) is 73.7 Å². The van der Waals surface area contributed by atoms with E-state index in [1.165, 1.54) is 11.1 Å². The summed E-state index contributed by atoms with van der Waals surface area (Å²) in [4.78, 5) is 25.4. The fraction of sp³-hybridized carbons (Fsp3) is 0.500. The van der Waals surface area contributed by atoms with Crippen molar-refractivity contribution in [2.45, 2.75) is 39.8 Å². The first kappa shape index (κ1) is 15.1. The van der Waals surface area contributed by atoms with Gasteiger partial charge in [0.2, 0.25) is 0 Å². The van der Waals surface area contributed by atoms with E-state index >= 15 is 0 Å². The van der Waals surface area contributed by atoms with Crippen LogP contribution in [0.15, 0.2) is 24.0 Å². The highest BCUT2D eigenvalue weighted by molar-refractivity contribution is 5.95. The minimum Gasteiger partial charge on any atom is -0.463 e. The number of esters is 1. The number of rotatable bonds is 2. The van der Waals surface area contributed by atoms with Crippen LogP contribution >= 0.6 is 0 Å². The van der Waals surface area contributed by atoms with E-state index in [0.717, 1.165) is 0 Å². The molecule has 0 saturated heterocycles. The summed E-state index contributed by atoms with van der Waals surface area (Å²) in [5.74, 6) is 0.0875. The van der Waals surface area contributed by atoms with Crippen molar-refractivity contribution >= 4 is 17.9 Å². The molecule has 7 heteroatoms. The molecule has 21 heavy (non-hydrogen) atoms. The number of nitrogens with zero attached hydrogens (tertiary/aromatic N) is 3. The first-order chi connectivity index (χ1) is 9.81. The predicted octanol–water partition coefficient (Wildman–Crippen LogP) is 2.09. The second-order valence-corrected chi connectivity index (χ2v) is 5.57. The van der Waals surface area contributed by atoms with Gasteiger partial charge in [-0.25, -0.2) is 19.2 Å². The molecule has 2 rings (SSSR count). The Balaban J connectivity index is 2.29. The van der Waals surface area contributed by atoms with Crippen LogP contribution in [0.3, 0.4) is 0 Å². The molecule has 7 nitrogen and oxygen atoms in total. The van der Waals surface area contributed by atoms with E-state index in [1.807, 2.05) is 0 Å². The summed E-state index contributed by atoms with van der Waals surface area (Å²) in [5, 5.41) is 4.10. The lowest BCUT2D eigenvalue weighted by atomic mass is 10.2. The lowest BCUT2D eigenvalue weighted by molar-refractivity contribution is -0.138. The van der Waals surface area contributed by atoms with Crippen LogP contribution in [0.5, 0.6) is 0 Å². The third-order valence-electron chi connectivity index (χ3n) is 2.67. The van der Waals surface area contributed by atoms with Crippen molar-refractivity contribution in [3.05, 3.63) is 24.0 Å². The highest BCUT2D eigenvalue weighted by Gasteiger charge is 2.29. The Bertz CT molecular complexity index is 583. The largest absolute Gasteiger partial charge is 0.463 e. The molecule has 1 aliphatic rings. The van der Waals surface area contributed by atoms with Crippen LogP contribution in [0.25, 0.3) is 0 Å². The molecule has 114 valence electrons. The summed E-state index contributed by atoms with van der Waals surface area (Å²) in [6.07, 6.45) is 2.45. The van der Waals surface area contributed by atoms with E-state index in [-0.39, 0.29) is 13.2 Å². The van der Waals surface area contributed by atoms with Crippen molar-refractivity contribution in [1.29, 1.82) is 0 Å². The Morgan fingerprint density at radius 3 is 2.71 bits per heavy atom. The molecule has 0 fully saturated rings. The highest BCUT2D eigenvalue weighted by atomic mass is 16.6. The number of amides is 1.